The van der Waals surface area contributed by atoms with Crippen LogP contribution in [0.25, 0.3) is 0 Å². The van der Waals surface area contributed by atoms with E-state index in [0.717, 1.165) is 16.9 Å². The molecule has 1 fully saturated rings. The van der Waals surface area contributed by atoms with Gasteiger partial charge in [-0.2, -0.15) is 0 Å². The molecule has 3 aliphatic heterocycles. The molecule has 1 saturated heterocycles. The van der Waals surface area contributed by atoms with Crippen LogP contribution in [0.5, 0.6) is 5.75 Å². The van der Waals surface area contributed by atoms with Crippen LogP contribution in [-0.2, 0) is 25.6 Å². The van der Waals surface area contributed by atoms with E-state index in [2.05, 4.69) is 15.5 Å². The second kappa shape index (κ2) is 8.65. The lowest BCUT2D eigenvalue weighted by Gasteiger charge is -2.49. The van der Waals surface area contributed by atoms with Crippen LogP contribution in [0.3, 0.4) is 0 Å². The first-order chi connectivity index (χ1) is 16.4. The molecule has 5 rings (SSSR count). The number of para-hydroxylation sites is 1. The summed E-state index contributed by atoms with van der Waals surface area (Å²) in [7, 11) is 1.28. The molecule has 0 radical (unpaired) electrons. The van der Waals surface area contributed by atoms with E-state index in [-0.39, 0.29) is 22.2 Å². The van der Waals surface area contributed by atoms with E-state index >= 15 is 0 Å². The molecule has 34 heavy (non-hydrogen) atoms. The SMILES string of the molecule is CON=C(C(=O)N[C@@H]1C(=O)N2C(C(=O)O)=C([C@@H]3Cc4ccccc4O3)CS[C@H]12)c1csc(N)n1. The van der Waals surface area contributed by atoms with Gasteiger partial charge in [-0.25, -0.2) is 9.78 Å². The summed E-state index contributed by atoms with van der Waals surface area (Å²) < 4.78 is 5.98. The third kappa shape index (κ3) is 3.66. The van der Waals surface area contributed by atoms with Gasteiger partial charge in [0.2, 0.25) is 0 Å². The molecule has 1 aromatic carbocycles. The number of thioether (sulfide) groups is 1. The Morgan fingerprint density at radius 2 is 2.18 bits per heavy atom. The molecule has 13 heteroatoms. The van der Waals surface area contributed by atoms with Gasteiger partial charge in [-0.05, 0) is 11.6 Å². The number of rotatable bonds is 6. The van der Waals surface area contributed by atoms with E-state index in [9.17, 15) is 19.5 Å². The van der Waals surface area contributed by atoms with Crippen molar-refractivity contribution in [2.75, 3.05) is 18.6 Å². The number of hydrogen-bond acceptors (Lipinski definition) is 10. The first-order valence-electron chi connectivity index (χ1n) is 10.2. The van der Waals surface area contributed by atoms with Crippen LogP contribution >= 0.6 is 23.1 Å². The molecule has 2 aromatic rings. The summed E-state index contributed by atoms with van der Waals surface area (Å²) in [6.07, 6.45) is 0.0671. The molecule has 0 saturated carbocycles. The third-order valence-electron chi connectivity index (χ3n) is 5.68. The number of oxime groups is 1. The first-order valence-corrected chi connectivity index (χ1v) is 12.1. The summed E-state index contributed by atoms with van der Waals surface area (Å²) in [6.45, 7) is 0. The number of hydrogen-bond donors (Lipinski definition) is 3. The minimum atomic E-state index is -1.21. The van der Waals surface area contributed by atoms with Gasteiger partial charge in [-0.1, -0.05) is 23.4 Å². The number of carbonyl (C=O) groups excluding carboxylic acids is 2. The second-order valence-electron chi connectivity index (χ2n) is 7.65. The highest BCUT2D eigenvalue weighted by molar-refractivity contribution is 8.00. The van der Waals surface area contributed by atoms with Crippen LogP contribution in [0.15, 0.2) is 46.1 Å². The number of nitrogens with zero attached hydrogens (tertiary/aromatic N) is 3. The molecule has 0 spiro atoms. The molecule has 1 aromatic heterocycles. The molecular weight excluding hydrogens is 482 g/mol. The fourth-order valence-corrected chi connectivity index (χ4v) is 6.12. The number of thiazole rings is 1. The van der Waals surface area contributed by atoms with E-state index in [4.69, 9.17) is 15.3 Å². The molecule has 3 atom stereocenters. The van der Waals surface area contributed by atoms with Gasteiger partial charge in [0.05, 0.1) is 0 Å². The fraction of sp³-hybridized carbons (Fsp3) is 0.286. The molecule has 0 aliphatic carbocycles. The molecule has 0 bridgehead atoms. The lowest BCUT2D eigenvalue weighted by Crippen LogP contribution is -2.71. The van der Waals surface area contributed by atoms with E-state index in [0.29, 0.717) is 23.5 Å². The highest BCUT2D eigenvalue weighted by atomic mass is 32.2. The van der Waals surface area contributed by atoms with Crippen LogP contribution < -0.4 is 15.8 Å². The fourth-order valence-electron chi connectivity index (χ4n) is 4.17. The number of nitrogens with two attached hydrogens (primary N) is 1. The van der Waals surface area contributed by atoms with Crippen molar-refractivity contribution in [2.45, 2.75) is 23.9 Å². The monoisotopic (exact) mass is 501 g/mol. The minimum absolute atomic E-state index is 0.0879. The maximum absolute atomic E-state index is 13.0. The zero-order valence-electron chi connectivity index (χ0n) is 17.8. The molecule has 11 nitrogen and oxygen atoms in total. The highest BCUT2D eigenvalue weighted by Gasteiger charge is 2.55. The number of nitrogens with one attached hydrogen (secondary N) is 1. The lowest BCUT2D eigenvalue weighted by atomic mass is 9.98. The van der Waals surface area contributed by atoms with E-state index < -0.39 is 35.3 Å². The Bertz CT molecular complexity index is 1230. The zero-order chi connectivity index (χ0) is 24.0. The maximum atomic E-state index is 13.0. The number of anilines is 1. The van der Waals surface area contributed by atoms with Gasteiger partial charge in [0.1, 0.15) is 41.8 Å². The van der Waals surface area contributed by atoms with Gasteiger partial charge >= 0.3 is 5.97 Å². The Morgan fingerprint density at radius 3 is 2.85 bits per heavy atom. The maximum Gasteiger partial charge on any atom is 0.352 e. The first kappa shape index (κ1) is 22.2. The minimum Gasteiger partial charge on any atom is -0.485 e. The average molecular weight is 502 g/mol. The average Bonchev–Trinajstić information content (AvgIpc) is 3.45. The van der Waals surface area contributed by atoms with Crippen molar-refractivity contribution in [3.63, 3.8) is 0 Å². The summed E-state index contributed by atoms with van der Waals surface area (Å²) in [6, 6.07) is 6.60. The summed E-state index contributed by atoms with van der Waals surface area (Å²) in [4.78, 5) is 48.0. The number of aromatic nitrogens is 1. The summed E-state index contributed by atoms with van der Waals surface area (Å²) in [5.74, 6) is -1.34. The van der Waals surface area contributed by atoms with Crippen molar-refractivity contribution in [1.82, 2.24) is 15.2 Å². The van der Waals surface area contributed by atoms with Crippen molar-refractivity contribution in [3.8, 4) is 5.75 Å². The van der Waals surface area contributed by atoms with Crippen molar-refractivity contribution < 1.29 is 29.1 Å². The molecule has 4 N–H and O–H groups in total. The Balaban J connectivity index is 1.36. The van der Waals surface area contributed by atoms with Crippen LogP contribution in [-0.4, -0.2) is 68.9 Å². The van der Waals surface area contributed by atoms with E-state index in [1.54, 1.807) is 5.38 Å². The number of carbonyl (C=O) groups is 3. The number of ether oxygens (including phenoxy) is 1. The summed E-state index contributed by atoms with van der Waals surface area (Å²) >= 11 is 2.50. The molecule has 2 amide bonds. The largest absolute Gasteiger partial charge is 0.485 e. The van der Waals surface area contributed by atoms with Gasteiger partial charge in [0, 0.05) is 23.1 Å². The van der Waals surface area contributed by atoms with Gasteiger partial charge < -0.3 is 25.7 Å². The predicted octanol–water partition coefficient (Wildman–Crippen LogP) is 0.818. The third-order valence-corrected chi connectivity index (χ3v) is 7.66. The quantitative estimate of drug-likeness (QED) is 0.296. The van der Waals surface area contributed by atoms with Crippen molar-refractivity contribution in [2.24, 2.45) is 5.16 Å². The Morgan fingerprint density at radius 1 is 1.38 bits per heavy atom. The van der Waals surface area contributed by atoms with Crippen LogP contribution in [0.2, 0.25) is 0 Å². The number of carboxylic acids is 1. The van der Waals surface area contributed by atoms with Gasteiger partial charge in [-0.15, -0.1) is 23.1 Å². The van der Waals surface area contributed by atoms with Crippen molar-refractivity contribution >= 4 is 51.7 Å². The standard InChI is InChI=1S/C21H19N5O6S2/c1-31-25-14(11-8-34-21(22)23-11)17(27)24-15-18(28)26-16(20(29)30)10(7-33-19(15)26)13-6-9-4-2-3-5-12(9)32-13/h2-5,8,13,15,19H,6-7H2,1H3,(H2,22,23)(H,24,27)(H,29,30)/t13-,15+,19+/m0/s1. The molecule has 0 unspecified atom stereocenters. The van der Waals surface area contributed by atoms with Gasteiger partial charge in [0.15, 0.2) is 10.8 Å². The Hall–Kier alpha value is -3.58. The van der Waals surface area contributed by atoms with Gasteiger partial charge in [-0.3, -0.25) is 14.5 Å². The molecule has 3 aliphatic rings. The van der Waals surface area contributed by atoms with Crippen LogP contribution in [0, 0.1) is 0 Å². The number of fused-ring (bicyclic) bond motifs is 2. The number of carboxylic acid groups (broad SMARTS) is 1. The van der Waals surface area contributed by atoms with Crippen molar-refractivity contribution in [1.29, 1.82) is 0 Å². The highest BCUT2D eigenvalue weighted by Crippen LogP contribution is 2.43. The number of amides is 2. The van der Waals surface area contributed by atoms with Crippen LogP contribution in [0.1, 0.15) is 11.3 Å². The summed E-state index contributed by atoms with van der Waals surface area (Å²) in [5, 5.41) is 17.5. The van der Waals surface area contributed by atoms with Gasteiger partial charge in [0.25, 0.3) is 11.8 Å². The normalized spacial score (nSPS) is 23.6. The summed E-state index contributed by atoms with van der Waals surface area (Å²) in [5.41, 5.74) is 7.17. The molecule has 176 valence electrons. The van der Waals surface area contributed by atoms with Crippen LogP contribution in [0.4, 0.5) is 5.13 Å². The number of aliphatic carboxylic acids is 1. The smallest absolute Gasteiger partial charge is 0.352 e. The van der Waals surface area contributed by atoms with Crippen molar-refractivity contribution in [3.05, 3.63) is 52.2 Å². The Kier molecular flexibility index (Phi) is 5.65. The molecular formula is C21H19N5O6S2. The topological polar surface area (TPSA) is 156 Å². The van der Waals surface area contributed by atoms with E-state index in [1.807, 2.05) is 24.3 Å². The molecule has 4 heterocycles. The zero-order valence-corrected chi connectivity index (χ0v) is 19.4. The number of β-lactam (4-membered cyclic amide) rings is 1. The predicted molar refractivity (Wildman–Crippen MR) is 124 cm³/mol. The second-order valence-corrected chi connectivity index (χ2v) is 9.65. The number of nitrogen functional groups attached to an aromatic ring is 1. The number of benzene rings is 1. The Labute approximate surface area is 201 Å². The van der Waals surface area contributed by atoms with E-state index in [1.165, 1.54) is 23.8 Å². The lowest BCUT2D eigenvalue weighted by molar-refractivity contribution is -0.150.